The summed E-state index contributed by atoms with van der Waals surface area (Å²) in [4.78, 5) is 10.3. The fourth-order valence-corrected chi connectivity index (χ4v) is 1.82. The zero-order valence-corrected chi connectivity index (χ0v) is 11.4. The van der Waals surface area contributed by atoms with E-state index >= 15 is 0 Å². The van der Waals surface area contributed by atoms with E-state index in [2.05, 4.69) is 10.6 Å². The number of carboxylic acids is 1. The molecule has 0 heterocycles. The molecule has 1 aromatic carbocycles. The van der Waals surface area contributed by atoms with Crippen LogP contribution in [0.15, 0.2) is 18.2 Å². The molecule has 1 rings (SSSR count). The summed E-state index contributed by atoms with van der Waals surface area (Å²) in [6.07, 6.45) is 0.711. The van der Waals surface area contributed by atoms with E-state index in [-0.39, 0.29) is 6.42 Å². The minimum atomic E-state index is -0.787. The molecule has 0 bridgehead atoms. The van der Waals surface area contributed by atoms with Gasteiger partial charge in [0.1, 0.15) is 0 Å². The molecule has 0 saturated carbocycles. The second-order valence-electron chi connectivity index (χ2n) is 4.15. The second-order valence-corrected chi connectivity index (χ2v) is 4.55. The first-order valence-electron chi connectivity index (χ1n) is 5.83. The van der Waals surface area contributed by atoms with Crippen molar-refractivity contribution < 1.29 is 9.90 Å². The first-order valence-corrected chi connectivity index (χ1v) is 6.24. The van der Waals surface area contributed by atoms with Gasteiger partial charge < -0.3 is 15.7 Å². The topological polar surface area (TPSA) is 61.4 Å². The molecule has 0 saturated heterocycles. The molecule has 4 nitrogen and oxygen atoms in total. The summed E-state index contributed by atoms with van der Waals surface area (Å²) >= 11 is 5.16. The van der Waals surface area contributed by atoms with Crippen LogP contribution in [0.5, 0.6) is 0 Å². The molecule has 1 aromatic rings. The summed E-state index contributed by atoms with van der Waals surface area (Å²) < 4.78 is 0. The summed E-state index contributed by atoms with van der Waals surface area (Å²) in [5.41, 5.74) is 3.27. The third-order valence-electron chi connectivity index (χ3n) is 2.57. The van der Waals surface area contributed by atoms with Crippen LogP contribution in [0.4, 0.5) is 5.69 Å². The van der Waals surface area contributed by atoms with Crippen molar-refractivity contribution in [1.29, 1.82) is 0 Å². The van der Waals surface area contributed by atoms with Gasteiger partial charge >= 0.3 is 5.97 Å². The lowest BCUT2D eigenvalue weighted by molar-refractivity contribution is -0.137. The molecule has 0 fully saturated rings. The molecule has 5 heteroatoms. The van der Waals surface area contributed by atoms with E-state index < -0.39 is 5.97 Å². The number of carbonyl (C=O) groups is 1. The van der Waals surface area contributed by atoms with Gasteiger partial charge in [-0.1, -0.05) is 18.2 Å². The van der Waals surface area contributed by atoms with Crippen molar-refractivity contribution in [1.82, 2.24) is 5.32 Å². The molecular formula is C13H18N2O2S. The van der Waals surface area contributed by atoms with Crippen molar-refractivity contribution in [2.45, 2.75) is 26.7 Å². The first kappa shape index (κ1) is 14.4. The van der Waals surface area contributed by atoms with Crippen LogP contribution in [0.2, 0.25) is 0 Å². The largest absolute Gasteiger partial charge is 0.481 e. The van der Waals surface area contributed by atoms with Crippen molar-refractivity contribution in [2.24, 2.45) is 0 Å². The van der Waals surface area contributed by atoms with Crippen LogP contribution in [0.3, 0.4) is 0 Å². The lowest BCUT2D eigenvalue weighted by Crippen LogP contribution is -2.30. The zero-order valence-electron chi connectivity index (χ0n) is 10.6. The monoisotopic (exact) mass is 266 g/mol. The fraction of sp³-hybridized carbons (Fsp3) is 0.385. The smallest absolute Gasteiger partial charge is 0.303 e. The Morgan fingerprint density at radius 3 is 2.50 bits per heavy atom. The number of aryl methyl sites for hydroxylation is 2. The van der Waals surface area contributed by atoms with Gasteiger partial charge in [0, 0.05) is 18.7 Å². The van der Waals surface area contributed by atoms with Crippen LogP contribution in [0, 0.1) is 13.8 Å². The Morgan fingerprint density at radius 2 is 1.94 bits per heavy atom. The van der Waals surface area contributed by atoms with Gasteiger partial charge in [0.2, 0.25) is 0 Å². The van der Waals surface area contributed by atoms with Gasteiger partial charge in [-0.25, -0.2) is 0 Å². The van der Waals surface area contributed by atoms with Crippen LogP contribution in [0.1, 0.15) is 24.0 Å². The standard InChI is InChI=1S/C13H18N2O2S/c1-9-5-3-6-10(2)12(9)15-13(18)14-8-4-7-11(16)17/h3,5-6H,4,7-8H2,1-2H3,(H,16,17)(H2,14,15,18). The highest BCUT2D eigenvalue weighted by Crippen LogP contribution is 2.18. The number of hydrogen-bond donors (Lipinski definition) is 3. The van der Waals surface area contributed by atoms with Crippen molar-refractivity contribution >= 4 is 29.0 Å². The van der Waals surface area contributed by atoms with E-state index in [0.717, 1.165) is 16.8 Å². The fourth-order valence-electron chi connectivity index (χ4n) is 1.61. The Morgan fingerprint density at radius 1 is 1.33 bits per heavy atom. The minimum absolute atomic E-state index is 0.152. The zero-order chi connectivity index (χ0) is 13.5. The maximum absolute atomic E-state index is 10.3. The lowest BCUT2D eigenvalue weighted by atomic mass is 10.1. The first-order chi connectivity index (χ1) is 8.50. The molecule has 0 amide bonds. The number of rotatable bonds is 5. The van der Waals surface area contributed by atoms with Crippen LogP contribution >= 0.6 is 12.2 Å². The van der Waals surface area contributed by atoms with Gasteiger partial charge in [-0.2, -0.15) is 0 Å². The molecule has 0 unspecified atom stereocenters. The predicted octanol–water partition coefficient (Wildman–Crippen LogP) is 2.45. The maximum atomic E-state index is 10.3. The van der Waals surface area contributed by atoms with Gasteiger partial charge in [0.05, 0.1) is 0 Å². The highest BCUT2D eigenvalue weighted by atomic mass is 32.1. The Labute approximate surface area is 112 Å². The SMILES string of the molecule is Cc1cccc(C)c1NC(=S)NCCCC(=O)O. The molecule has 98 valence electrons. The van der Waals surface area contributed by atoms with Gasteiger partial charge in [-0.15, -0.1) is 0 Å². The van der Waals surface area contributed by atoms with E-state index in [9.17, 15) is 4.79 Å². The van der Waals surface area contributed by atoms with E-state index in [1.807, 2.05) is 32.0 Å². The van der Waals surface area contributed by atoms with Crippen molar-refractivity contribution in [2.75, 3.05) is 11.9 Å². The number of anilines is 1. The van der Waals surface area contributed by atoms with Gasteiger partial charge in [-0.05, 0) is 43.6 Å². The highest BCUT2D eigenvalue weighted by Gasteiger charge is 2.04. The van der Waals surface area contributed by atoms with E-state index in [0.29, 0.717) is 18.1 Å². The summed E-state index contributed by atoms with van der Waals surface area (Å²) in [6, 6.07) is 6.03. The third kappa shape index (κ3) is 4.71. The summed E-state index contributed by atoms with van der Waals surface area (Å²) in [6.45, 7) is 4.59. The molecule has 3 N–H and O–H groups in total. The number of aliphatic carboxylic acids is 1. The number of carboxylic acid groups (broad SMARTS) is 1. The number of para-hydroxylation sites is 1. The molecule has 0 radical (unpaired) electrons. The number of benzene rings is 1. The Kier molecular flexibility index (Phi) is 5.58. The van der Waals surface area contributed by atoms with Crippen molar-refractivity contribution in [3.8, 4) is 0 Å². The van der Waals surface area contributed by atoms with Gasteiger partial charge in [0.15, 0.2) is 5.11 Å². The summed E-state index contributed by atoms with van der Waals surface area (Å²) in [5, 5.41) is 15.2. The number of hydrogen-bond acceptors (Lipinski definition) is 2. The van der Waals surface area contributed by atoms with E-state index in [4.69, 9.17) is 17.3 Å². The van der Waals surface area contributed by atoms with Crippen LogP contribution in [-0.4, -0.2) is 22.7 Å². The van der Waals surface area contributed by atoms with Gasteiger partial charge in [0.25, 0.3) is 0 Å². The highest BCUT2D eigenvalue weighted by molar-refractivity contribution is 7.80. The third-order valence-corrected chi connectivity index (χ3v) is 2.82. The Balaban J connectivity index is 2.43. The average molecular weight is 266 g/mol. The van der Waals surface area contributed by atoms with Crippen LogP contribution in [0.25, 0.3) is 0 Å². The Bertz CT molecular complexity index is 426. The minimum Gasteiger partial charge on any atom is -0.481 e. The van der Waals surface area contributed by atoms with Crippen LogP contribution < -0.4 is 10.6 Å². The molecule has 0 aromatic heterocycles. The van der Waals surface area contributed by atoms with Crippen molar-refractivity contribution in [3.63, 3.8) is 0 Å². The Hall–Kier alpha value is -1.62. The van der Waals surface area contributed by atoms with E-state index in [1.54, 1.807) is 0 Å². The molecule has 0 aliphatic heterocycles. The molecule has 18 heavy (non-hydrogen) atoms. The second kappa shape index (κ2) is 6.96. The molecule has 0 aliphatic carbocycles. The quantitative estimate of drug-likeness (QED) is 0.564. The summed E-state index contributed by atoms with van der Waals surface area (Å²) in [7, 11) is 0. The molecule has 0 atom stereocenters. The number of nitrogens with one attached hydrogen (secondary N) is 2. The molecular weight excluding hydrogens is 248 g/mol. The maximum Gasteiger partial charge on any atom is 0.303 e. The molecule has 0 spiro atoms. The number of thiocarbonyl (C=S) groups is 1. The van der Waals surface area contributed by atoms with Crippen LogP contribution in [-0.2, 0) is 4.79 Å². The van der Waals surface area contributed by atoms with E-state index in [1.165, 1.54) is 0 Å². The molecule has 0 aliphatic rings. The summed E-state index contributed by atoms with van der Waals surface area (Å²) in [5.74, 6) is -0.787. The van der Waals surface area contributed by atoms with Crippen molar-refractivity contribution in [3.05, 3.63) is 29.3 Å². The average Bonchev–Trinajstić information content (AvgIpc) is 2.29. The predicted molar refractivity (Wildman–Crippen MR) is 77.0 cm³/mol. The normalized spacial score (nSPS) is 9.89. The van der Waals surface area contributed by atoms with Gasteiger partial charge in [-0.3, -0.25) is 4.79 Å². The lowest BCUT2D eigenvalue weighted by Gasteiger charge is -2.14.